The predicted molar refractivity (Wildman–Crippen MR) is 87.9 cm³/mol. The van der Waals surface area contributed by atoms with Gasteiger partial charge in [0.1, 0.15) is 12.1 Å². The van der Waals surface area contributed by atoms with Crippen LogP contribution in [-0.4, -0.2) is 92.3 Å². The summed E-state index contributed by atoms with van der Waals surface area (Å²) in [4.78, 5) is 22.7. The van der Waals surface area contributed by atoms with Gasteiger partial charge in [0.05, 0.1) is 46.2 Å². The molecular weight excluding hydrogens is 336 g/mol. The Morgan fingerprint density at radius 1 is 1.00 bits per heavy atom. The summed E-state index contributed by atoms with van der Waals surface area (Å²) < 4.78 is 15.1. The Labute approximate surface area is 146 Å². The van der Waals surface area contributed by atoms with Gasteiger partial charge in [-0.15, -0.1) is 0 Å². The van der Waals surface area contributed by atoms with Crippen molar-refractivity contribution in [3.05, 3.63) is 12.7 Å². The normalized spacial score (nSPS) is 11.0. The SMILES string of the molecule is C=CCOC(=O)NCCOCCOCCC(=O)NC(CO)(CO)CO. The van der Waals surface area contributed by atoms with Crippen LogP contribution in [0.2, 0.25) is 0 Å². The molecule has 0 aliphatic heterocycles. The van der Waals surface area contributed by atoms with E-state index in [9.17, 15) is 9.59 Å². The fourth-order valence-corrected chi connectivity index (χ4v) is 1.52. The van der Waals surface area contributed by atoms with E-state index in [0.29, 0.717) is 19.8 Å². The van der Waals surface area contributed by atoms with E-state index in [4.69, 9.17) is 29.5 Å². The van der Waals surface area contributed by atoms with Gasteiger partial charge in [-0.2, -0.15) is 0 Å². The number of carbonyl (C=O) groups is 2. The quantitative estimate of drug-likeness (QED) is 0.168. The van der Waals surface area contributed by atoms with Crippen LogP contribution in [0.4, 0.5) is 4.79 Å². The molecule has 0 heterocycles. The lowest BCUT2D eigenvalue weighted by Gasteiger charge is -2.28. The van der Waals surface area contributed by atoms with Crippen molar-refractivity contribution in [3.8, 4) is 0 Å². The second kappa shape index (κ2) is 14.6. The highest BCUT2D eigenvalue weighted by Crippen LogP contribution is 2.02. The summed E-state index contributed by atoms with van der Waals surface area (Å²) in [5, 5.41) is 32.1. The maximum Gasteiger partial charge on any atom is 0.407 e. The molecule has 25 heavy (non-hydrogen) atoms. The van der Waals surface area contributed by atoms with Gasteiger partial charge in [0.25, 0.3) is 0 Å². The van der Waals surface area contributed by atoms with E-state index >= 15 is 0 Å². The van der Waals surface area contributed by atoms with Crippen LogP contribution in [0.1, 0.15) is 6.42 Å². The first-order valence-electron chi connectivity index (χ1n) is 7.84. The van der Waals surface area contributed by atoms with Crippen LogP contribution in [-0.2, 0) is 19.0 Å². The number of hydrogen-bond donors (Lipinski definition) is 5. The summed E-state index contributed by atoms with van der Waals surface area (Å²) in [5.41, 5.74) is -1.43. The lowest BCUT2D eigenvalue weighted by Crippen LogP contribution is -2.57. The van der Waals surface area contributed by atoms with Gasteiger partial charge in [0, 0.05) is 13.0 Å². The lowest BCUT2D eigenvalue weighted by molar-refractivity contribution is -0.126. The zero-order valence-corrected chi connectivity index (χ0v) is 14.2. The van der Waals surface area contributed by atoms with Crippen molar-refractivity contribution in [2.75, 3.05) is 59.4 Å². The van der Waals surface area contributed by atoms with Gasteiger partial charge in [-0.3, -0.25) is 4.79 Å². The van der Waals surface area contributed by atoms with Crippen LogP contribution < -0.4 is 10.6 Å². The van der Waals surface area contributed by atoms with Gasteiger partial charge < -0.3 is 40.2 Å². The van der Waals surface area contributed by atoms with Gasteiger partial charge >= 0.3 is 6.09 Å². The molecule has 0 aromatic rings. The van der Waals surface area contributed by atoms with Crippen molar-refractivity contribution in [1.29, 1.82) is 0 Å². The molecule has 0 spiro atoms. The number of nitrogens with one attached hydrogen (secondary N) is 2. The molecule has 0 bridgehead atoms. The maximum atomic E-state index is 11.6. The van der Waals surface area contributed by atoms with Gasteiger partial charge in [0.15, 0.2) is 0 Å². The minimum Gasteiger partial charge on any atom is -0.445 e. The van der Waals surface area contributed by atoms with E-state index in [2.05, 4.69) is 17.2 Å². The number of aliphatic hydroxyl groups excluding tert-OH is 3. The molecular formula is C15H28N2O8. The summed E-state index contributed by atoms with van der Waals surface area (Å²) in [7, 11) is 0. The Kier molecular flexibility index (Phi) is 13.6. The highest BCUT2D eigenvalue weighted by atomic mass is 16.5. The van der Waals surface area contributed by atoms with Gasteiger partial charge in [0.2, 0.25) is 5.91 Å². The molecule has 0 rings (SSSR count). The Morgan fingerprint density at radius 2 is 1.60 bits per heavy atom. The summed E-state index contributed by atoms with van der Waals surface area (Å²) in [6.45, 7) is 3.10. The van der Waals surface area contributed by atoms with Crippen molar-refractivity contribution < 1.29 is 39.1 Å². The highest BCUT2D eigenvalue weighted by Gasteiger charge is 2.29. The Morgan fingerprint density at radius 3 is 2.16 bits per heavy atom. The number of hydrogen-bond acceptors (Lipinski definition) is 8. The second-order valence-electron chi connectivity index (χ2n) is 5.09. The number of alkyl carbamates (subject to hydrolysis) is 1. The standard InChI is InChI=1S/C15H28N2O8/c1-2-5-25-14(22)16-4-7-24-9-8-23-6-3-13(21)17-15(10-18,11-19)12-20/h2,18-20H,1,3-12H2,(H,16,22)(H,17,21). The summed E-state index contributed by atoms with van der Waals surface area (Å²) in [5.74, 6) is -0.458. The third-order valence-electron chi connectivity index (χ3n) is 3.01. The smallest absolute Gasteiger partial charge is 0.407 e. The number of carbonyl (C=O) groups excluding carboxylic acids is 2. The van der Waals surface area contributed by atoms with Crippen molar-refractivity contribution in [2.24, 2.45) is 0 Å². The van der Waals surface area contributed by atoms with E-state index in [1.54, 1.807) is 0 Å². The topological polar surface area (TPSA) is 147 Å². The third-order valence-corrected chi connectivity index (χ3v) is 3.01. The molecule has 0 saturated carbocycles. The van der Waals surface area contributed by atoms with Crippen LogP contribution in [0.15, 0.2) is 12.7 Å². The molecule has 2 amide bonds. The van der Waals surface area contributed by atoms with Crippen LogP contribution >= 0.6 is 0 Å². The number of amides is 2. The molecule has 0 aliphatic carbocycles. The summed E-state index contributed by atoms with van der Waals surface area (Å²) in [6, 6.07) is 0. The number of rotatable bonds is 15. The van der Waals surface area contributed by atoms with E-state index in [0.717, 1.165) is 0 Å². The average molecular weight is 364 g/mol. The number of ether oxygens (including phenoxy) is 3. The molecule has 0 radical (unpaired) electrons. The van der Waals surface area contributed by atoms with E-state index in [1.165, 1.54) is 6.08 Å². The zero-order valence-electron chi connectivity index (χ0n) is 14.2. The molecule has 0 saturated heterocycles. The van der Waals surface area contributed by atoms with E-state index in [-0.39, 0.29) is 26.2 Å². The molecule has 10 nitrogen and oxygen atoms in total. The van der Waals surface area contributed by atoms with Gasteiger partial charge in [-0.1, -0.05) is 12.7 Å². The van der Waals surface area contributed by atoms with Crippen molar-refractivity contribution in [3.63, 3.8) is 0 Å². The molecule has 0 atom stereocenters. The first kappa shape index (κ1) is 23.3. The van der Waals surface area contributed by atoms with Crippen LogP contribution in [0.25, 0.3) is 0 Å². The van der Waals surface area contributed by atoms with Crippen LogP contribution in [0, 0.1) is 0 Å². The molecule has 5 N–H and O–H groups in total. The van der Waals surface area contributed by atoms with Crippen LogP contribution in [0.5, 0.6) is 0 Å². The molecule has 0 aliphatic rings. The minimum atomic E-state index is -1.43. The summed E-state index contributed by atoms with van der Waals surface area (Å²) in [6.07, 6.45) is 0.930. The average Bonchev–Trinajstić information content (AvgIpc) is 2.63. The Hall–Kier alpha value is -1.72. The summed E-state index contributed by atoms with van der Waals surface area (Å²) >= 11 is 0. The molecule has 0 aromatic carbocycles. The molecule has 0 unspecified atom stereocenters. The van der Waals surface area contributed by atoms with Crippen LogP contribution in [0.3, 0.4) is 0 Å². The minimum absolute atomic E-state index is 0.0124. The van der Waals surface area contributed by atoms with Gasteiger partial charge in [-0.05, 0) is 0 Å². The number of aliphatic hydroxyl groups is 3. The maximum absolute atomic E-state index is 11.6. The zero-order chi connectivity index (χ0) is 19.0. The fraction of sp³-hybridized carbons (Fsp3) is 0.733. The highest BCUT2D eigenvalue weighted by molar-refractivity contribution is 5.77. The second-order valence-corrected chi connectivity index (χ2v) is 5.09. The lowest BCUT2D eigenvalue weighted by atomic mass is 10.0. The first-order valence-corrected chi connectivity index (χ1v) is 7.84. The van der Waals surface area contributed by atoms with Crippen molar-refractivity contribution >= 4 is 12.0 Å². The van der Waals surface area contributed by atoms with Gasteiger partial charge in [-0.25, -0.2) is 4.79 Å². The Bertz CT molecular complexity index is 379. The van der Waals surface area contributed by atoms with Crippen molar-refractivity contribution in [1.82, 2.24) is 10.6 Å². The monoisotopic (exact) mass is 364 g/mol. The molecule has 0 aromatic heterocycles. The predicted octanol–water partition coefficient (Wildman–Crippen LogP) is -1.85. The molecule has 0 fully saturated rings. The van der Waals surface area contributed by atoms with E-state index in [1.807, 2.05) is 0 Å². The molecule has 10 heteroatoms. The van der Waals surface area contributed by atoms with E-state index < -0.39 is 37.4 Å². The largest absolute Gasteiger partial charge is 0.445 e. The Balaban J connectivity index is 3.56. The third kappa shape index (κ3) is 11.5. The van der Waals surface area contributed by atoms with Crippen molar-refractivity contribution in [2.45, 2.75) is 12.0 Å². The first-order chi connectivity index (χ1) is 12.0. The fourth-order valence-electron chi connectivity index (χ4n) is 1.52. The molecule has 146 valence electrons.